The second kappa shape index (κ2) is 4.90. The minimum Gasteiger partial charge on any atom is -0.496 e. The highest BCUT2D eigenvalue weighted by Crippen LogP contribution is 2.26. The average Bonchev–Trinajstić information content (AvgIpc) is 2.34. The van der Waals surface area contributed by atoms with Crippen LogP contribution in [0.25, 0.3) is 17.0 Å². The van der Waals surface area contributed by atoms with Gasteiger partial charge in [0.1, 0.15) is 11.3 Å². The molecule has 19 heavy (non-hydrogen) atoms. The van der Waals surface area contributed by atoms with Gasteiger partial charge in [-0.25, -0.2) is 4.79 Å². The molecule has 1 aromatic heterocycles. The number of rotatable bonds is 3. The van der Waals surface area contributed by atoms with Gasteiger partial charge in [-0.3, -0.25) is 0 Å². The molecule has 1 N–H and O–H groups in total. The van der Waals surface area contributed by atoms with Crippen LogP contribution in [-0.2, 0) is 0 Å². The second-order valence-electron chi connectivity index (χ2n) is 4.87. The van der Waals surface area contributed by atoms with Crippen LogP contribution >= 0.6 is 0 Å². The van der Waals surface area contributed by atoms with Crippen LogP contribution in [-0.4, -0.2) is 17.8 Å². The Hall–Kier alpha value is -2.07. The van der Waals surface area contributed by atoms with Gasteiger partial charge in [-0.15, -0.1) is 0 Å². The van der Waals surface area contributed by atoms with Crippen LogP contribution in [0.4, 0.5) is 0 Å². The number of benzene rings is 1. The third-order valence-electron chi connectivity index (χ3n) is 2.64. The van der Waals surface area contributed by atoms with Crippen molar-refractivity contribution >= 4 is 17.0 Å². The molecule has 0 aliphatic carbocycles. The quantitative estimate of drug-likeness (QED) is 0.862. The van der Waals surface area contributed by atoms with Gasteiger partial charge in [-0.1, -0.05) is 12.2 Å². The maximum Gasteiger partial charge on any atom is 0.336 e. The predicted molar refractivity (Wildman–Crippen MR) is 74.4 cm³/mol. The zero-order valence-electron chi connectivity index (χ0n) is 11.1. The van der Waals surface area contributed by atoms with Crippen molar-refractivity contribution in [3.05, 3.63) is 46.3 Å². The molecule has 0 spiro atoms. The Morgan fingerprint density at radius 2 is 2.05 bits per heavy atom. The standard InChI is InChI=1S/C15H16O4/c1-15(2,17)7-6-11-8-10-4-5-14(16)19-13(10)9-12(11)18-3/h4-9,17H,1-3H3/b7-6-. The lowest BCUT2D eigenvalue weighted by atomic mass is 10.1. The number of hydrogen-bond donors (Lipinski definition) is 1. The van der Waals surface area contributed by atoms with Crippen molar-refractivity contribution in [1.82, 2.24) is 0 Å². The van der Waals surface area contributed by atoms with E-state index < -0.39 is 11.2 Å². The lowest BCUT2D eigenvalue weighted by molar-refractivity contribution is 0.134. The van der Waals surface area contributed by atoms with Crippen LogP contribution in [0.15, 0.2) is 39.6 Å². The fraction of sp³-hybridized carbons (Fsp3) is 0.267. The van der Waals surface area contributed by atoms with Crippen LogP contribution in [0.3, 0.4) is 0 Å². The molecule has 4 nitrogen and oxygen atoms in total. The highest BCUT2D eigenvalue weighted by Gasteiger charge is 2.09. The molecule has 0 atom stereocenters. The van der Waals surface area contributed by atoms with Crippen molar-refractivity contribution in [2.24, 2.45) is 0 Å². The third kappa shape index (κ3) is 3.23. The molecule has 0 radical (unpaired) electrons. The SMILES string of the molecule is COc1cc2oc(=O)ccc2cc1/C=C\C(C)(C)O. The Morgan fingerprint density at radius 3 is 2.68 bits per heavy atom. The van der Waals surface area contributed by atoms with Crippen molar-refractivity contribution in [2.45, 2.75) is 19.4 Å². The molecule has 1 aromatic carbocycles. The largest absolute Gasteiger partial charge is 0.496 e. The van der Waals surface area contributed by atoms with Crippen molar-refractivity contribution in [1.29, 1.82) is 0 Å². The van der Waals surface area contributed by atoms with Gasteiger partial charge in [-0.05, 0) is 26.0 Å². The summed E-state index contributed by atoms with van der Waals surface area (Å²) >= 11 is 0. The molecule has 2 aromatic rings. The maximum absolute atomic E-state index is 11.2. The predicted octanol–water partition coefficient (Wildman–Crippen LogP) is 2.59. The molecule has 1 heterocycles. The van der Waals surface area contributed by atoms with Gasteiger partial charge in [0.25, 0.3) is 0 Å². The van der Waals surface area contributed by atoms with Crippen LogP contribution in [0.1, 0.15) is 19.4 Å². The summed E-state index contributed by atoms with van der Waals surface area (Å²) in [6.45, 7) is 3.38. The minimum atomic E-state index is -0.900. The summed E-state index contributed by atoms with van der Waals surface area (Å²) < 4.78 is 10.4. The Kier molecular flexibility index (Phi) is 3.44. The van der Waals surface area contributed by atoms with E-state index >= 15 is 0 Å². The van der Waals surface area contributed by atoms with Gasteiger partial charge < -0.3 is 14.3 Å². The molecule has 0 saturated carbocycles. The molecule has 2 rings (SSSR count). The molecule has 0 unspecified atom stereocenters. The molecule has 4 heteroatoms. The highest BCUT2D eigenvalue weighted by molar-refractivity contribution is 5.82. The van der Waals surface area contributed by atoms with Crippen LogP contribution in [0.5, 0.6) is 5.75 Å². The maximum atomic E-state index is 11.2. The first-order valence-electron chi connectivity index (χ1n) is 5.92. The Morgan fingerprint density at radius 1 is 1.32 bits per heavy atom. The summed E-state index contributed by atoms with van der Waals surface area (Å²) in [5.74, 6) is 0.586. The third-order valence-corrected chi connectivity index (χ3v) is 2.64. The molecule has 0 bridgehead atoms. The zero-order chi connectivity index (χ0) is 14.0. The Labute approximate surface area is 110 Å². The number of fused-ring (bicyclic) bond motifs is 1. The molecule has 0 amide bonds. The van der Waals surface area contributed by atoms with Crippen LogP contribution in [0.2, 0.25) is 0 Å². The Bertz CT molecular complexity index is 675. The summed E-state index contributed by atoms with van der Waals surface area (Å²) in [5, 5.41) is 10.5. The van der Waals surface area contributed by atoms with E-state index in [1.807, 2.05) is 6.07 Å². The van der Waals surface area contributed by atoms with E-state index in [4.69, 9.17) is 9.15 Å². The van der Waals surface area contributed by atoms with E-state index in [1.54, 1.807) is 45.2 Å². The normalized spacial score (nSPS) is 12.2. The van der Waals surface area contributed by atoms with Gasteiger partial charge in [0.15, 0.2) is 0 Å². The van der Waals surface area contributed by atoms with Crippen molar-refractivity contribution < 1.29 is 14.3 Å². The summed E-state index contributed by atoms with van der Waals surface area (Å²) in [5.41, 5.74) is -0.00600. The van der Waals surface area contributed by atoms with Gasteiger partial charge in [0.05, 0.1) is 12.7 Å². The van der Waals surface area contributed by atoms with Gasteiger partial charge >= 0.3 is 5.63 Å². The lowest BCUT2D eigenvalue weighted by Gasteiger charge is -2.11. The summed E-state index contributed by atoms with van der Waals surface area (Å²) in [6, 6.07) is 6.58. The monoisotopic (exact) mass is 260 g/mol. The van der Waals surface area contributed by atoms with E-state index in [-0.39, 0.29) is 0 Å². The fourth-order valence-electron chi connectivity index (χ4n) is 1.72. The van der Waals surface area contributed by atoms with Crippen molar-refractivity contribution in [3.63, 3.8) is 0 Å². The van der Waals surface area contributed by atoms with Gasteiger partial charge in [-0.2, -0.15) is 0 Å². The number of aliphatic hydroxyl groups is 1. The highest BCUT2D eigenvalue weighted by atomic mass is 16.5. The molecule has 0 fully saturated rings. The second-order valence-corrected chi connectivity index (χ2v) is 4.87. The average molecular weight is 260 g/mol. The van der Waals surface area contributed by atoms with Gasteiger partial charge in [0.2, 0.25) is 0 Å². The number of methoxy groups -OCH3 is 1. The van der Waals surface area contributed by atoms with E-state index in [0.29, 0.717) is 11.3 Å². The first-order chi connectivity index (χ1) is 8.89. The summed E-state index contributed by atoms with van der Waals surface area (Å²) in [7, 11) is 1.55. The number of ether oxygens (including phenoxy) is 1. The number of hydrogen-bond acceptors (Lipinski definition) is 4. The lowest BCUT2D eigenvalue weighted by Crippen LogP contribution is -2.13. The van der Waals surface area contributed by atoms with Crippen LogP contribution in [0, 0.1) is 0 Å². The first-order valence-corrected chi connectivity index (χ1v) is 5.92. The molecule has 0 aliphatic rings. The smallest absolute Gasteiger partial charge is 0.336 e. The summed E-state index contributed by atoms with van der Waals surface area (Å²) in [6.07, 6.45) is 3.46. The van der Waals surface area contributed by atoms with Crippen molar-refractivity contribution in [2.75, 3.05) is 7.11 Å². The van der Waals surface area contributed by atoms with E-state index in [0.717, 1.165) is 10.9 Å². The molecular formula is C15H16O4. The Balaban J connectivity index is 2.57. The molecule has 0 saturated heterocycles. The van der Waals surface area contributed by atoms with E-state index in [2.05, 4.69) is 0 Å². The zero-order valence-corrected chi connectivity index (χ0v) is 11.1. The topological polar surface area (TPSA) is 59.7 Å². The van der Waals surface area contributed by atoms with Crippen LogP contribution < -0.4 is 10.4 Å². The minimum absolute atomic E-state index is 0.394. The van der Waals surface area contributed by atoms with E-state index in [9.17, 15) is 9.90 Å². The molecular weight excluding hydrogens is 244 g/mol. The van der Waals surface area contributed by atoms with Gasteiger partial charge in [0, 0.05) is 23.1 Å². The van der Waals surface area contributed by atoms with Crippen molar-refractivity contribution in [3.8, 4) is 5.75 Å². The first kappa shape index (κ1) is 13.4. The van der Waals surface area contributed by atoms with E-state index in [1.165, 1.54) is 6.07 Å². The summed E-state index contributed by atoms with van der Waals surface area (Å²) in [4.78, 5) is 11.2. The fourth-order valence-corrected chi connectivity index (χ4v) is 1.72. The molecule has 100 valence electrons. The molecule has 0 aliphatic heterocycles.